The molecule has 2 nitrogen and oxygen atoms in total. The molecular weight excluding hydrogens is 220 g/mol. The number of likely N-dealkylation sites (N-methyl/N-ethyl adjacent to an activating group) is 1. The highest BCUT2D eigenvalue weighted by atomic mass is 15.2. The van der Waals surface area contributed by atoms with Crippen LogP contribution in [0.1, 0.15) is 65.7 Å². The second kappa shape index (κ2) is 8.92. The summed E-state index contributed by atoms with van der Waals surface area (Å²) < 4.78 is 0. The first-order valence-corrected chi connectivity index (χ1v) is 8.16. The van der Waals surface area contributed by atoms with Gasteiger partial charge in [-0.05, 0) is 58.2 Å². The molecule has 0 spiro atoms. The third-order valence-electron chi connectivity index (χ3n) is 4.59. The Morgan fingerprint density at radius 1 is 1.11 bits per heavy atom. The molecule has 2 heteroatoms. The second-order valence-electron chi connectivity index (χ2n) is 6.05. The largest absolute Gasteiger partial charge is 0.312 e. The molecule has 0 aromatic heterocycles. The Morgan fingerprint density at radius 3 is 2.50 bits per heavy atom. The quantitative estimate of drug-likeness (QED) is 0.711. The first kappa shape index (κ1) is 16.0. The van der Waals surface area contributed by atoms with Gasteiger partial charge in [-0.25, -0.2) is 0 Å². The topological polar surface area (TPSA) is 15.3 Å². The molecule has 3 unspecified atom stereocenters. The fraction of sp³-hybridized carbons (Fsp3) is 1.00. The van der Waals surface area contributed by atoms with Gasteiger partial charge in [-0.15, -0.1) is 0 Å². The van der Waals surface area contributed by atoms with E-state index in [0.29, 0.717) is 0 Å². The first-order valence-electron chi connectivity index (χ1n) is 8.16. The van der Waals surface area contributed by atoms with Crippen molar-refractivity contribution in [3.8, 4) is 0 Å². The number of rotatable bonds is 8. The van der Waals surface area contributed by atoms with Gasteiger partial charge in [-0.3, -0.25) is 0 Å². The summed E-state index contributed by atoms with van der Waals surface area (Å²) in [5.74, 6) is 0.957. The van der Waals surface area contributed by atoms with Crippen molar-refractivity contribution in [1.82, 2.24) is 10.2 Å². The molecule has 108 valence electrons. The van der Waals surface area contributed by atoms with Crippen molar-refractivity contribution in [2.75, 3.05) is 20.1 Å². The van der Waals surface area contributed by atoms with Crippen molar-refractivity contribution < 1.29 is 0 Å². The van der Waals surface area contributed by atoms with E-state index in [1.165, 1.54) is 58.0 Å². The lowest BCUT2D eigenvalue weighted by atomic mass is 9.80. The smallest absolute Gasteiger partial charge is 0.0248 e. The van der Waals surface area contributed by atoms with E-state index in [1.54, 1.807) is 0 Å². The molecule has 0 heterocycles. The van der Waals surface area contributed by atoms with E-state index in [-0.39, 0.29) is 0 Å². The molecule has 0 aliphatic heterocycles. The lowest BCUT2D eigenvalue weighted by molar-refractivity contribution is 0.116. The maximum absolute atomic E-state index is 3.78. The zero-order chi connectivity index (χ0) is 13.4. The number of hydrogen-bond donors (Lipinski definition) is 1. The van der Waals surface area contributed by atoms with Crippen molar-refractivity contribution in [2.24, 2.45) is 5.92 Å². The average molecular weight is 254 g/mol. The highest BCUT2D eigenvalue weighted by molar-refractivity contribution is 4.90. The predicted molar refractivity (Wildman–Crippen MR) is 81.0 cm³/mol. The Bertz CT molecular complexity index is 205. The molecule has 1 aliphatic carbocycles. The van der Waals surface area contributed by atoms with E-state index in [4.69, 9.17) is 0 Å². The van der Waals surface area contributed by atoms with Gasteiger partial charge in [0.05, 0.1) is 0 Å². The second-order valence-corrected chi connectivity index (χ2v) is 6.05. The molecule has 18 heavy (non-hydrogen) atoms. The van der Waals surface area contributed by atoms with Crippen LogP contribution in [0.2, 0.25) is 0 Å². The minimum atomic E-state index is 0.731. The number of hydrogen-bond acceptors (Lipinski definition) is 2. The maximum atomic E-state index is 3.78. The summed E-state index contributed by atoms with van der Waals surface area (Å²) >= 11 is 0. The Balaban J connectivity index is 2.52. The standard InChI is InChI=1S/C16H34N2/c1-5-8-12-18(4)16-13-14(7-3)9-10-15(16)17-11-6-2/h14-17H,5-13H2,1-4H3. The van der Waals surface area contributed by atoms with E-state index in [2.05, 4.69) is 38.0 Å². The Morgan fingerprint density at radius 2 is 1.89 bits per heavy atom. The third kappa shape index (κ3) is 4.89. The summed E-state index contributed by atoms with van der Waals surface area (Å²) in [6.45, 7) is 9.35. The van der Waals surface area contributed by atoms with Crippen LogP contribution in [-0.2, 0) is 0 Å². The fourth-order valence-electron chi connectivity index (χ4n) is 3.23. The van der Waals surface area contributed by atoms with Crippen LogP contribution in [-0.4, -0.2) is 37.1 Å². The minimum absolute atomic E-state index is 0.731. The summed E-state index contributed by atoms with van der Waals surface area (Å²) in [5.41, 5.74) is 0. The van der Waals surface area contributed by atoms with Gasteiger partial charge in [-0.2, -0.15) is 0 Å². The van der Waals surface area contributed by atoms with Crippen molar-refractivity contribution in [1.29, 1.82) is 0 Å². The minimum Gasteiger partial charge on any atom is -0.312 e. The monoisotopic (exact) mass is 254 g/mol. The van der Waals surface area contributed by atoms with Gasteiger partial charge < -0.3 is 10.2 Å². The molecule has 1 saturated carbocycles. The maximum Gasteiger partial charge on any atom is 0.0248 e. The summed E-state index contributed by atoms with van der Waals surface area (Å²) in [4.78, 5) is 2.62. The predicted octanol–water partition coefficient (Wildman–Crippen LogP) is 3.67. The molecule has 1 N–H and O–H groups in total. The summed E-state index contributed by atoms with van der Waals surface area (Å²) in [5, 5.41) is 3.78. The normalized spacial score (nSPS) is 28.8. The van der Waals surface area contributed by atoms with E-state index in [9.17, 15) is 0 Å². The molecule has 0 radical (unpaired) electrons. The van der Waals surface area contributed by atoms with E-state index in [0.717, 1.165) is 18.0 Å². The van der Waals surface area contributed by atoms with Gasteiger partial charge >= 0.3 is 0 Å². The van der Waals surface area contributed by atoms with Crippen molar-refractivity contribution in [3.63, 3.8) is 0 Å². The molecule has 0 bridgehead atoms. The summed E-state index contributed by atoms with van der Waals surface area (Å²) in [7, 11) is 2.33. The van der Waals surface area contributed by atoms with Crippen molar-refractivity contribution in [3.05, 3.63) is 0 Å². The van der Waals surface area contributed by atoms with E-state index in [1.807, 2.05) is 0 Å². The van der Waals surface area contributed by atoms with Gasteiger partial charge in [0, 0.05) is 12.1 Å². The van der Waals surface area contributed by atoms with E-state index < -0.39 is 0 Å². The Hall–Kier alpha value is -0.0800. The van der Waals surface area contributed by atoms with Crippen molar-refractivity contribution >= 4 is 0 Å². The highest BCUT2D eigenvalue weighted by Gasteiger charge is 2.31. The first-order chi connectivity index (χ1) is 8.72. The third-order valence-corrected chi connectivity index (χ3v) is 4.59. The van der Waals surface area contributed by atoms with Crippen LogP contribution < -0.4 is 5.32 Å². The van der Waals surface area contributed by atoms with E-state index >= 15 is 0 Å². The van der Waals surface area contributed by atoms with Crippen molar-refractivity contribution in [2.45, 2.75) is 77.8 Å². The van der Waals surface area contributed by atoms with Gasteiger partial charge in [0.2, 0.25) is 0 Å². The number of unbranched alkanes of at least 4 members (excludes halogenated alkanes) is 1. The number of nitrogens with one attached hydrogen (secondary N) is 1. The summed E-state index contributed by atoms with van der Waals surface area (Å²) in [6, 6.07) is 1.50. The van der Waals surface area contributed by atoms with Crippen LogP contribution in [0.15, 0.2) is 0 Å². The molecule has 0 amide bonds. The van der Waals surface area contributed by atoms with Gasteiger partial charge in [0.1, 0.15) is 0 Å². The van der Waals surface area contributed by atoms with Crippen LogP contribution >= 0.6 is 0 Å². The average Bonchev–Trinajstić information content (AvgIpc) is 2.42. The van der Waals surface area contributed by atoms with Crippen LogP contribution in [0.5, 0.6) is 0 Å². The molecule has 3 atom stereocenters. The van der Waals surface area contributed by atoms with Gasteiger partial charge in [0.15, 0.2) is 0 Å². The Labute approximate surface area is 115 Å². The molecule has 1 rings (SSSR count). The van der Waals surface area contributed by atoms with Crippen LogP contribution in [0.4, 0.5) is 0 Å². The molecule has 0 aromatic carbocycles. The molecule has 1 aliphatic rings. The van der Waals surface area contributed by atoms with Crippen LogP contribution in [0.3, 0.4) is 0 Å². The molecule has 0 saturated heterocycles. The highest BCUT2D eigenvalue weighted by Crippen LogP contribution is 2.29. The SMILES string of the molecule is CCCCN(C)C1CC(CC)CCC1NCCC. The lowest BCUT2D eigenvalue weighted by Crippen LogP contribution is -2.52. The molecule has 0 aromatic rings. The van der Waals surface area contributed by atoms with Gasteiger partial charge in [-0.1, -0.05) is 33.6 Å². The zero-order valence-corrected chi connectivity index (χ0v) is 13.0. The Kier molecular flexibility index (Phi) is 7.92. The fourth-order valence-corrected chi connectivity index (χ4v) is 3.23. The van der Waals surface area contributed by atoms with Crippen LogP contribution in [0.25, 0.3) is 0 Å². The number of nitrogens with zero attached hydrogens (tertiary/aromatic N) is 1. The lowest BCUT2D eigenvalue weighted by Gasteiger charge is -2.41. The summed E-state index contributed by atoms with van der Waals surface area (Å²) in [6.07, 6.45) is 9.46. The van der Waals surface area contributed by atoms with Crippen LogP contribution in [0, 0.1) is 5.92 Å². The molecular formula is C16H34N2. The van der Waals surface area contributed by atoms with Gasteiger partial charge in [0.25, 0.3) is 0 Å². The zero-order valence-electron chi connectivity index (χ0n) is 13.0. The molecule has 1 fully saturated rings.